The van der Waals surface area contributed by atoms with Crippen molar-refractivity contribution < 1.29 is 0 Å². The first-order valence-electron chi connectivity index (χ1n) is 6.59. The van der Waals surface area contributed by atoms with E-state index in [0.29, 0.717) is 0 Å². The molecule has 0 aromatic rings. The Morgan fingerprint density at radius 2 is 1.06 bits per heavy atom. The topological polar surface area (TPSA) is 104 Å². The highest BCUT2D eigenvalue weighted by molar-refractivity contribution is 5.18. The minimum atomic E-state index is -0.453. The normalized spacial score (nSPS) is 50.2. The van der Waals surface area contributed by atoms with Crippen molar-refractivity contribution in [1.82, 2.24) is 0 Å². The predicted molar refractivity (Wildman–Crippen MR) is 66.7 cm³/mol. The van der Waals surface area contributed by atoms with Crippen molar-refractivity contribution in [1.29, 1.82) is 0 Å². The van der Waals surface area contributed by atoms with Crippen LogP contribution >= 0.6 is 0 Å². The molecule has 0 aromatic heterocycles. The van der Waals surface area contributed by atoms with Gasteiger partial charge in [-0.1, -0.05) is 25.7 Å². The van der Waals surface area contributed by atoms with E-state index < -0.39 is 11.1 Å². The molecule has 0 radical (unpaired) electrons. The van der Waals surface area contributed by atoms with Gasteiger partial charge in [0.15, 0.2) is 0 Å². The smallest absolute Gasteiger partial charge is 0.0505 e. The highest BCUT2D eigenvalue weighted by Crippen LogP contribution is 2.40. The summed E-state index contributed by atoms with van der Waals surface area (Å²) in [6, 6.07) is 0.0193. The summed E-state index contributed by atoms with van der Waals surface area (Å²) >= 11 is 0. The molecule has 0 bridgehead atoms. The van der Waals surface area contributed by atoms with Gasteiger partial charge in [-0.05, 0) is 25.7 Å². The summed E-state index contributed by atoms with van der Waals surface area (Å²) in [5.74, 6) is 0. The first-order chi connectivity index (χ1) is 7.51. The van der Waals surface area contributed by atoms with Crippen molar-refractivity contribution in [3.8, 4) is 0 Å². The molecule has 4 atom stereocenters. The lowest BCUT2D eigenvalue weighted by Gasteiger charge is -2.55. The van der Waals surface area contributed by atoms with Gasteiger partial charge >= 0.3 is 0 Å². The Bertz CT molecular complexity index is 231. The Labute approximate surface area is 98.1 Å². The van der Waals surface area contributed by atoms with Gasteiger partial charge in [-0.15, -0.1) is 0 Å². The molecule has 0 amide bonds. The molecule has 0 heterocycles. The van der Waals surface area contributed by atoms with Crippen LogP contribution in [0.25, 0.3) is 0 Å². The van der Waals surface area contributed by atoms with E-state index in [9.17, 15) is 0 Å². The Kier molecular flexibility index (Phi) is 3.27. The molecular formula is C12H26N4. The van der Waals surface area contributed by atoms with E-state index >= 15 is 0 Å². The van der Waals surface area contributed by atoms with E-state index in [0.717, 1.165) is 38.5 Å². The van der Waals surface area contributed by atoms with Crippen molar-refractivity contribution >= 4 is 0 Å². The summed E-state index contributed by atoms with van der Waals surface area (Å²) in [5, 5.41) is 0. The van der Waals surface area contributed by atoms with Gasteiger partial charge in [0.25, 0.3) is 0 Å². The first-order valence-corrected chi connectivity index (χ1v) is 6.59. The molecular weight excluding hydrogens is 200 g/mol. The maximum Gasteiger partial charge on any atom is 0.0505 e. The van der Waals surface area contributed by atoms with Crippen molar-refractivity contribution in [2.45, 2.75) is 74.5 Å². The van der Waals surface area contributed by atoms with Crippen LogP contribution in [0.1, 0.15) is 51.4 Å². The highest BCUT2D eigenvalue weighted by atomic mass is 15.0. The lowest BCUT2D eigenvalue weighted by molar-refractivity contribution is 0.0809. The molecule has 0 aromatic carbocycles. The van der Waals surface area contributed by atoms with Crippen LogP contribution in [-0.2, 0) is 0 Å². The lowest BCUT2D eigenvalue weighted by atomic mass is 9.59. The number of rotatable bonds is 1. The second kappa shape index (κ2) is 4.26. The first kappa shape index (κ1) is 12.3. The zero-order chi connectivity index (χ0) is 11.8. The maximum atomic E-state index is 6.57. The zero-order valence-electron chi connectivity index (χ0n) is 10.1. The summed E-state index contributed by atoms with van der Waals surface area (Å²) < 4.78 is 0. The number of nitrogens with two attached hydrogens (primary N) is 4. The van der Waals surface area contributed by atoms with Crippen LogP contribution in [0.5, 0.6) is 0 Å². The van der Waals surface area contributed by atoms with Gasteiger partial charge in [-0.2, -0.15) is 0 Å². The summed E-state index contributed by atoms with van der Waals surface area (Å²) in [6.07, 6.45) is 8.45. The fourth-order valence-electron chi connectivity index (χ4n) is 3.61. The fourth-order valence-corrected chi connectivity index (χ4v) is 3.61. The average molecular weight is 226 g/mol. The Balaban J connectivity index is 2.25. The van der Waals surface area contributed by atoms with E-state index in [1.807, 2.05) is 0 Å². The van der Waals surface area contributed by atoms with Crippen LogP contribution in [0.3, 0.4) is 0 Å². The zero-order valence-corrected chi connectivity index (χ0v) is 10.1. The Morgan fingerprint density at radius 1 is 0.688 bits per heavy atom. The fraction of sp³-hybridized carbons (Fsp3) is 1.00. The van der Waals surface area contributed by atoms with Crippen LogP contribution in [0.15, 0.2) is 0 Å². The second-order valence-corrected chi connectivity index (χ2v) is 5.79. The van der Waals surface area contributed by atoms with Crippen LogP contribution < -0.4 is 22.9 Å². The van der Waals surface area contributed by atoms with Gasteiger partial charge in [0.2, 0.25) is 0 Å². The molecule has 4 heteroatoms. The number of hydrogen-bond acceptors (Lipinski definition) is 4. The van der Waals surface area contributed by atoms with Gasteiger partial charge in [-0.25, -0.2) is 0 Å². The molecule has 4 unspecified atom stereocenters. The molecule has 2 fully saturated rings. The lowest BCUT2D eigenvalue weighted by Crippen LogP contribution is -2.79. The molecule has 0 saturated heterocycles. The molecule has 4 nitrogen and oxygen atoms in total. The summed E-state index contributed by atoms with van der Waals surface area (Å²) in [5.41, 5.74) is 24.7. The molecule has 16 heavy (non-hydrogen) atoms. The highest BCUT2D eigenvalue weighted by Gasteiger charge is 2.54. The standard InChI is InChI=1S/C12H26N4/c13-9-5-1-3-7-11(9,15)12(16)8-4-2-6-10(12)14/h9-10H,1-8,13-16H2. The van der Waals surface area contributed by atoms with Gasteiger partial charge in [0, 0.05) is 12.1 Å². The van der Waals surface area contributed by atoms with Crippen LogP contribution in [0.2, 0.25) is 0 Å². The van der Waals surface area contributed by atoms with Gasteiger partial charge in [-0.3, -0.25) is 0 Å². The largest absolute Gasteiger partial charge is 0.326 e. The van der Waals surface area contributed by atoms with Gasteiger partial charge < -0.3 is 22.9 Å². The third-order valence-electron chi connectivity index (χ3n) is 4.90. The van der Waals surface area contributed by atoms with Crippen molar-refractivity contribution in [2.75, 3.05) is 0 Å². The maximum absolute atomic E-state index is 6.57. The van der Waals surface area contributed by atoms with Crippen molar-refractivity contribution in [2.24, 2.45) is 22.9 Å². The third kappa shape index (κ3) is 1.68. The summed E-state index contributed by atoms with van der Waals surface area (Å²) in [6.45, 7) is 0. The second-order valence-electron chi connectivity index (χ2n) is 5.79. The van der Waals surface area contributed by atoms with Crippen LogP contribution in [0, 0.1) is 0 Å². The molecule has 94 valence electrons. The van der Waals surface area contributed by atoms with Crippen molar-refractivity contribution in [3.63, 3.8) is 0 Å². The summed E-state index contributed by atoms with van der Waals surface area (Å²) in [7, 11) is 0. The molecule has 2 aliphatic carbocycles. The predicted octanol–water partition coefficient (Wildman–Crippen LogP) is 0.184. The SMILES string of the molecule is NC1CCCCC1(N)C1(N)CCCCC1N. The molecule has 8 N–H and O–H groups in total. The molecule has 2 rings (SSSR count). The Hall–Kier alpha value is -0.160. The van der Waals surface area contributed by atoms with E-state index in [1.165, 1.54) is 12.8 Å². The van der Waals surface area contributed by atoms with Crippen molar-refractivity contribution in [3.05, 3.63) is 0 Å². The molecule has 2 saturated carbocycles. The third-order valence-corrected chi connectivity index (χ3v) is 4.90. The van der Waals surface area contributed by atoms with E-state index in [4.69, 9.17) is 22.9 Å². The van der Waals surface area contributed by atoms with E-state index in [-0.39, 0.29) is 12.1 Å². The average Bonchev–Trinajstić information content (AvgIpc) is 2.27. The minimum absolute atomic E-state index is 0.00963. The molecule has 2 aliphatic rings. The quantitative estimate of drug-likeness (QED) is 0.512. The van der Waals surface area contributed by atoms with Gasteiger partial charge in [0.1, 0.15) is 0 Å². The minimum Gasteiger partial charge on any atom is -0.326 e. The van der Waals surface area contributed by atoms with Crippen LogP contribution in [0.4, 0.5) is 0 Å². The Morgan fingerprint density at radius 3 is 1.38 bits per heavy atom. The van der Waals surface area contributed by atoms with Gasteiger partial charge in [0.05, 0.1) is 11.1 Å². The summed E-state index contributed by atoms with van der Waals surface area (Å²) in [4.78, 5) is 0. The van der Waals surface area contributed by atoms with E-state index in [1.54, 1.807) is 0 Å². The van der Waals surface area contributed by atoms with Crippen LogP contribution in [-0.4, -0.2) is 23.2 Å². The molecule has 0 aliphatic heterocycles. The monoisotopic (exact) mass is 226 g/mol. The van der Waals surface area contributed by atoms with E-state index in [2.05, 4.69) is 0 Å². The number of hydrogen-bond donors (Lipinski definition) is 4. The molecule has 0 spiro atoms.